The van der Waals surface area contributed by atoms with Gasteiger partial charge in [0.05, 0.1) is 19.2 Å². The molecule has 2 aromatic rings. The third kappa shape index (κ3) is 5.87. The summed E-state index contributed by atoms with van der Waals surface area (Å²) in [6.45, 7) is 4.48. The third-order valence-corrected chi connectivity index (χ3v) is 6.25. The van der Waals surface area contributed by atoms with Gasteiger partial charge in [0.25, 0.3) is 5.91 Å². The maximum Gasteiger partial charge on any atom is 0.255 e. The van der Waals surface area contributed by atoms with Gasteiger partial charge in [-0.05, 0) is 43.9 Å². The zero-order chi connectivity index (χ0) is 24.4. The van der Waals surface area contributed by atoms with Crippen LogP contribution in [0.15, 0.2) is 66.2 Å². The Bertz CT molecular complexity index is 1070. The summed E-state index contributed by atoms with van der Waals surface area (Å²) in [5.41, 5.74) is 0.953. The number of aliphatic imine (C=N–C) groups is 1. The maximum atomic E-state index is 12.8. The summed E-state index contributed by atoms with van der Waals surface area (Å²) >= 11 is 0. The van der Waals surface area contributed by atoms with E-state index in [0.29, 0.717) is 19.0 Å². The molecule has 8 nitrogen and oxygen atoms in total. The van der Waals surface area contributed by atoms with Crippen molar-refractivity contribution in [3.8, 4) is 17.7 Å². The van der Waals surface area contributed by atoms with E-state index >= 15 is 0 Å². The summed E-state index contributed by atoms with van der Waals surface area (Å²) in [5.74, 6) is 0.857. The van der Waals surface area contributed by atoms with Crippen molar-refractivity contribution < 1.29 is 14.6 Å². The number of nitrogens with one attached hydrogen (secondary N) is 3. The minimum Gasteiger partial charge on any atom is -0.507 e. The quantitative estimate of drug-likeness (QED) is 0.158. The highest BCUT2D eigenvalue weighted by atomic mass is 16.5. The number of carbonyl (C=O) groups excluding carboxylic acids is 1. The molecule has 0 unspecified atom stereocenters. The molecule has 1 aliphatic carbocycles. The summed E-state index contributed by atoms with van der Waals surface area (Å²) in [7, 11) is 1.65. The van der Waals surface area contributed by atoms with E-state index in [4.69, 9.17) is 10.00 Å². The Balaban J connectivity index is 1.79. The number of hydrogen-bond donors (Lipinski definition) is 4. The molecule has 0 atom stereocenters. The fourth-order valence-electron chi connectivity index (χ4n) is 4.47. The number of rotatable bonds is 8. The number of aromatic hydroxyl groups is 1. The molecule has 0 spiro atoms. The number of para-hydroxylation sites is 2. The van der Waals surface area contributed by atoms with Crippen LogP contribution in [0.3, 0.4) is 0 Å². The summed E-state index contributed by atoms with van der Waals surface area (Å²) in [6.07, 6.45) is 6.77. The molecule has 4 N–H and O–H groups in total. The summed E-state index contributed by atoms with van der Waals surface area (Å²) in [5, 5.41) is 28.0. The van der Waals surface area contributed by atoms with Crippen LogP contribution in [0.2, 0.25) is 0 Å². The fourth-order valence-corrected chi connectivity index (χ4v) is 4.47. The molecule has 0 heterocycles. The lowest BCUT2D eigenvalue weighted by atomic mass is 9.67. The van der Waals surface area contributed by atoms with Crippen LogP contribution in [0.4, 0.5) is 0 Å². The monoisotopic (exact) mass is 461 g/mol. The van der Waals surface area contributed by atoms with Crippen molar-refractivity contribution in [3.63, 3.8) is 0 Å². The number of guanidine groups is 1. The second-order valence-corrected chi connectivity index (χ2v) is 8.31. The van der Waals surface area contributed by atoms with Gasteiger partial charge in [0, 0.05) is 23.6 Å². The largest absolute Gasteiger partial charge is 0.507 e. The first kappa shape index (κ1) is 24.6. The molecule has 0 bridgehead atoms. The first-order valence-corrected chi connectivity index (χ1v) is 11.3. The van der Waals surface area contributed by atoms with E-state index in [2.05, 4.69) is 27.5 Å². The average molecular weight is 462 g/mol. The van der Waals surface area contributed by atoms with Gasteiger partial charge < -0.3 is 20.5 Å². The van der Waals surface area contributed by atoms with Gasteiger partial charge in [-0.2, -0.15) is 5.26 Å². The Hall–Kier alpha value is -3.99. The van der Waals surface area contributed by atoms with Crippen LogP contribution in [0.1, 0.15) is 41.6 Å². The number of ether oxygens (including phenoxy) is 1. The standard InChI is InChI=1S/C26H31N5O3/c1-3-16-28-25(30-18-27)31-19-12-14-26(15-13-19,21-9-5-7-11-23(21)34-2)17-29-24(33)20-8-4-6-10-22(20)32/h3-11,19,32H,1,12-17H2,2H3,(H,29,33)(H2,28,30,31). The van der Waals surface area contributed by atoms with Gasteiger partial charge in [-0.15, -0.1) is 6.58 Å². The Morgan fingerprint density at radius 1 is 1.26 bits per heavy atom. The predicted molar refractivity (Wildman–Crippen MR) is 132 cm³/mol. The van der Waals surface area contributed by atoms with E-state index in [1.165, 1.54) is 6.07 Å². The third-order valence-electron chi connectivity index (χ3n) is 6.25. The summed E-state index contributed by atoms with van der Waals surface area (Å²) in [6, 6.07) is 14.5. The molecule has 0 radical (unpaired) electrons. The van der Waals surface area contributed by atoms with Crippen LogP contribution in [-0.4, -0.2) is 43.2 Å². The van der Waals surface area contributed by atoms with Crippen LogP contribution < -0.4 is 20.7 Å². The molecule has 3 rings (SSSR count). The van der Waals surface area contributed by atoms with Crippen LogP contribution >= 0.6 is 0 Å². The van der Waals surface area contributed by atoms with Crippen molar-refractivity contribution >= 4 is 11.9 Å². The minimum atomic E-state index is -0.341. The SMILES string of the molecule is C=CCN=C(NC#N)NC1CCC(CNC(=O)c2ccccc2O)(c2ccccc2OC)CC1. The Morgan fingerprint density at radius 2 is 1.97 bits per heavy atom. The summed E-state index contributed by atoms with van der Waals surface area (Å²) in [4.78, 5) is 17.1. The topological polar surface area (TPSA) is 119 Å². The zero-order valence-electron chi connectivity index (χ0n) is 19.4. The van der Waals surface area contributed by atoms with E-state index in [0.717, 1.165) is 37.0 Å². The highest BCUT2D eigenvalue weighted by molar-refractivity contribution is 5.96. The number of nitrogens with zero attached hydrogens (tertiary/aromatic N) is 2. The number of amides is 1. The van der Waals surface area contributed by atoms with Gasteiger partial charge in [0.2, 0.25) is 5.96 Å². The van der Waals surface area contributed by atoms with Gasteiger partial charge in [0.15, 0.2) is 6.19 Å². The number of methoxy groups -OCH3 is 1. The van der Waals surface area contributed by atoms with Gasteiger partial charge in [-0.25, -0.2) is 4.99 Å². The van der Waals surface area contributed by atoms with Crippen molar-refractivity contribution in [2.24, 2.45) is 4.99 Å². The normalized spacial score (nSPS) is 20.0. The number of carbonyl (C=O) groups is 1. The van der Waals surface area contributed by atoms with Crippen molar-refractivity contribution in [2.75, 3.05) is 20.2 Å². The molecule has 0 saturated heterocycles. The number of hydrogen-bond acceptors (Lipinski definition) is 5. The van der Waals surface area contributed by atoms with E-state index < -0.39 is 0 Å². The second kappa shape index (κ2) is 11.8. The highest BCUT2D eigenvalue weighted by Gasteiger charge is 2.39. The van der Waals surface area contributed by atoms with Gasteiger partial charge in [-0.3, -0.25) is 10.1 Å². The van der Waals surface area contributed by atoms with Crippen LogP contribution in [0, 0.1) is 11.5 Å². The Labute approximate surface area is 200 Å². The molecule has 0 aromatic heterocycles. The molecule has 1 fully saturated rings. The fraction of sp³-hybridized carbons (Fsp3) is 0.346. The van der Waals surface area contributed by atoms with Crippen molar-refractivity contribution in [2.45, 2.75) is 37.1 Å². The lowest BCUT2D eigenvalue weighted by molar-refractivity contribution is 0.0931. The smallest absolute Gasteiger partial charge is 0.255 e. The minimum absolute atomic E-state index is 0.0458. The first-order valence-electron chi connectivity index (χ1n) is 11.3. The first-order chi connectivity index (χ1) is 16.5. The second-order valence-electron chi connectivity index (χ2n) is 8.31. The number of benzene rings is 2. The molecular weight excluding hydrogens is 430 g/mol. The Kier molecular flexibility index (Phi) is 8.52. The molecule has 34 heavy (non-hydrogen) atoms. The summed E-state index contributed by atoms with van der Waals surface area (Å²) < 4.78 is 5.66. The van der Waals surface area contributed by atoms with Crippen molar-refractivity contribution in [1.29, 1.82) is 5.26 Å². The van der Waals surface area contributed by atoms with E-state index in [1.807, 2.05) is 30.5 Å². The number of phenols is 1. The zero-order valence-corrected chi connectivity index (χ0v) is 19.4. The molecule has 8 heteroatoms. The molecule has 178 valence electrons. The van der Waals surface area contributed by atoms with Crippen molar-refractivity contribution in [3.05, 3.63) is 72.3 Å². The molecule has 1 aliphatic rings. The average Bonchev–Trinajstić information content (AvgIpc) is 2.87. The Morgan fingerprint density at radius 3 is 2.65 bits per heavy atom. The lowest BCUT2D eigenvalue weighted by Crippen LogP contribution is -2.49. The van der Waals surface area contributed by atoms with Crippen LogP contribution in [0.25, 0.3) is 0 Å². The van der Waals surface area contributed by atoms with Crippen LogP contribution in [-0.2, 0) is 5.41 Å². The molecule has 0 aliphatic heterocycles. The molecule has 2 aromatic carbocycles. The van der Waals surface area contributed by atoms with Gasteiger partial charge >= 0.3 is 0 Å². The maximum absolute atomic E-state index is 12.8. The molecule has 1 amide bonds. The van der Waals surface area contributed by atoms with Gasteiger partial charge in [-0.1, -0.05) is 36.4 Å². The van der Waals surface area contributed by atoms with E-state index in [9.17, 15) is 9.90 Å². The number of phenolic OH excluding ortho intramolecular Hbond substituents is 1. The van der Waals surface area contributed by atoms with E-state index in [1.54, 1.807) is 31.4 Å². The molecular formula is C26H31N5O3. The lowest BCUT2D eigenvalue weighted by Gasteiger charge is -2.41. The van der Waals surface area contributed by atoms with Crippen LogP contribution in [0.5, 0.6) is 11.5 Å². The van der Waals surface area contributed by atoms with Gasteiger partial charge in [0.1, 0.15) is 11.5 Å². The molecule has 1 saturated carbocycles. The van der Waals surface area contributed by atoms with Crippen molar-refractivity contribution in [1.82, 2.24) is 16.0 Å². The number of nitriles is 1. The van der Waals surface area contributed by atoms with E-state index in [-0.39, 0.29) is 28.7 Å². The highest BCUT2D eigenvalue weighted by Crippen LogP contribution is 2.43. The predicted octanol–water partition coefficient (Wildman–Crippen LogP) is 3.21.